The van der Waals surface area contributed by atoms with Gasteiger partial charge in [0.2, 0.25) is 0 Å². The van der Waals surface area contributed by atoms with Crippen LogP contribution in [0.2, 0.25) is 0 Å². The summed E-state index contributed by atoms with van der Waals surface area (Å²) in [6.07, 6.45) is 0. The van der Waals surface area contributed by atoms with Crippen LogP contribution in [0.5, 0.6) is 0 Å². The van der Waals surface area contributed by atoms with Gasteiger partial charge in [-0.2, -0.15) is 0 Å². The maximum absolute atomic E-state index is 6.61. The largest absolute Gasteiger partial charge is 0.456 e. The SMILES string of the molecule is Cc1nc2ccccc2n1-c1cccc(-c2cccc(-c3c4c(cc5c(-c6ccccc6)nc6ccccc6c35)oc3ccccc34)c2)c1. The Hall–Kier alpha value is -6.52. The molecule has 230 valence electrons. The first-order valence-corrected chi connectivity index (χ1v) is 16.6. The van der Waals surface area contributed by atoms with Crippen molar-refractivity contribution < 1.29 is 4.42 Å². The number of nitrogens with zero attached hydrogens (tertiary/aromatic N) is 3. The average molecular weight is 628 g/mol. The second-order valence-corrected chi connectivity index (χ2v) is 12.6. The van der Waals surface area contributed by atoms with Gasteiger partial charge >= 0.3 is 0 Å². The highest BCUT2D eigenvalue weighted by Gasteiger charge is 2.22. The Labute approximate surface area is 282 Å². The lowest BCUT2D eigenvalue weighted by atomic mass is 9.88. The zero-order valence-electron chi connectivity index (χ0n) is 26.8. The molecule has 0 atom stereocenters. The van der Waals surface area contributed by atoms with Gasteiger partial charge in [0.05, 0.1) is 22.2 Å². The maximum atomic E-state index is 6.61. The van der Waals surface area contributed by atoms with Gasteiger partial charge in [-0.05, 0) is 72.1 Å². The third-order valence-corrected chi connectivity index (χ3v) is 9.69. The fourth-order valence-electron chi connectivity index (χ4n) is 7.57. The molecule has 3 heterocycles. The molecule has 3 aromatic heterocycles. The van der Waals surface area contributed by atoms with E-state index >= 15 is 0 Å². The zero-order valence-corrected chi connectivity index (χ0v) is 26.8. The Kier molecular flexibility index (Phi) is 6.06. The van der Waals surface area contributed by atoms with Crippen molar-refractivity contribution in [2.45, 2.75) is 6.92 Å². The molecule has 0 spiro atoms. The Balaban J connectivity index is 1.27. The van der Waals surface area contributed by atoms with E-state index in [1.54, 1.807) is 0 Å². The Bertz CT molecular complexity index is 2900. The van der Waals surface area contributed by atoms with Gasteiger partial charge in [0.1, 0.15) is 17.0 Å². The molecule has 0 saturated heterocycles. The Morgan fingerprint density at radius 3 is 2.02 bits per heavy atom. The van der Waals surface area contributed by atoms with Crippen molar-refractivity contribution in [1.82, 2.24) is 14.5 Å². The maximum Gasteiger partial charge on any atom is 0.136 e. The summed E-state index contributed by atoms with van der Waals surface area (Å²) < 4.78 is 8.84. The smallest absolute Gasteiger partial charge is 0.136 e. The summed E-state index contributed by atoms with van der Waals surface area (Å²) in [7, 11) is 0. The fraction of sp³-hybridized carbons (Fsp3) is 0.0222. The number of hydrogen-bond donors (Lipinski definition) is 0. The number of para-hydroxylation sites is 4. The van der Waals surface area contributed by atoms with Crippen LogP contribution in [-0.2, 0) is 0 Å². The summed E-state index contributed by atoms with van der Waals surface area (Å²) in [6.45, 7) is 2.07. The predicted molar refractivity (Wildman–Crippen MR) is 202 cm³/mol. The normalized spacial score (nSPS) is 11.8. The second kappa shape index (κ2) is 10.8. The average Bonchev–Trinajstić information content (AvgIpc) is 3.70. The van der Waals surface area contributed by atoms with Crippen LogP contribution in [0.25, 0.3) is 93.8 Å². The van der Waals surface area contributed by atoms with Crippen molar-refractivity contribution in [3.63, 3.8) is 0 Å². The fourth-order valence-corrected chi connectivity index (χ4v) is 7.57. The summed E-state index contributed by atoms with van der Waals surface area (Å²) in [5.74, 6) is 0.965. The van der Waals surface area contributed by atoms with Crippen molar-refractivity contribution in [2.24, 2.45) is 0 Å². The quantitative estimate of drug-likeness (QED) is 0.182. The first-order valence-electron chi connectivity index (χ1n) is 16.6. The van der Waals surface area contributed by atoms with Crippen LogP contribution >= 0.6 is 0 Å². The molecule has 0 fully saturated rings. The third kappa shape index (κ3) is 4.31. The molecule has 49 heavy (non-hydrogen) atoms. The highest BCUT2D eigenvalue weighted by molar-refractivity contribution is 6.27. The van der Waals surface area contributed by atoms with E-state index in [1.165, 1.54) is 5.39 Å². The zero-order chi connectivity index (χ0) is 32.5. The molecule has 10 rings (SSSR count). The minimum Gasteiger partial charge on any atom is -0.456 e. The van der Waals surface area contributed by atoms with Crippen molar-refractivity contribution in [3.8, 4) is 39.2 Å². The first-order chi connectivity index (χ1) is 24.2. The minimum atomic E-state index is 0.854. The van der Waals surface area contributed by atoms with Crippen molar-refractivity contribution in [3.05, 3.63) is 164 Å². The number of pyridine rings is 1. The van der Waals surface area contributed by atoms with Crippen molar-refractivity contribution in [1.29, 1.82) is 0 Å². The lowest BCUT2D eigenvalue weighted by molar-refractivity contribution is 0.669. The standard InChI is InChI=1S/C45H29N3O/c1-28-46-38-22-8-9-23-39(38)48(28)33-18-12-16-31(26-33)30-15-11-17-32(25-30)42-43-34-19-5-7-21-37(34)47-45(29-13-3-2-4-14-29)36(43)27-41-44(42)35-20-6-10-24-40(35)49-41/h2-27H,1H3. The van der Waals surface area contributed by atoms with Gasteiger partial charge in [-0.1, -0.05) is 109 Å². The number of aromatic nitrogens is 3. The molecule has 10 aromatic rings. The molecular formula is C45H29N3O. The van der Waals surface area contributed by atoms with Crippen molar-refractivity contribution in [2.75, 3.05) is 0 Å². The van der Waals surface area contributed by atoms with E-state index in [1.807, 2.05) is 18.2 Å². The lowest BCUT2D eigenvalue weighted by Gasteiger charge is -2.16. The van der Waals surface area contributed by atoms with E-state index in [-0.39, 0.29) is 0 Å². The molecule has 4 heteroatoms. The molecule has 0 amide bonds. The van der Waals surface area contributed by atoms with Crippen LogP contribution in [0.1, 0.15) is 5.82 Å². The molecule has 0 radical (unpaired) electrons. The predicted octanol–water partition coefficient (Wildman–Crippen LogP) is 11.9. The van der Waals surface area contributed by atoms with Gasteiger partial charge in [-0.15, -0.1) is 0 Å². The van der Waals surface area contributed by atoms with Gasteiger partial charge in [-0.25, -0.2) is 9.97 Å². The molecule has 7 aromatic carbocycles. The van der Waals surface area contributed by atoms with Gasteiger partial charge in [0, 0.05) is 43.7 Å². The van der Waals surface area contributed by atoms with Crippen LogP contribution in [0.15, 0.2) is 162 Å². The van der Waals surface area contributed by atoms with E-state index < -0.39 is 0 Å². The molecule has 0 saturated carbocycles. The number of rotatable bonds is 4. The van der Waals surface area contributed by atoms with E-state index in [4.69, 9.17) is 14.4 Å². The van der Waals surface area contributed by atoms with E-state index in [9.17, 15) is 0 Å². The highest BCUT2D eigenvalue weighted by Crippen LogP contribution is 2.46. The Morgan fingerprint density at radius 2 is 1.14 bits per heavy atom. The summed E-state index contributed by atoms with van der Waals surface area (Å²) in [5.41, 5.74) is 12.5. The van der Waals surface area contributed by atoms with Crippen LogP contribution < -0.4 is 0 Å². The minimum absolute atomic E-state index is 0.854. The van der Waals surface area contributed by atoms with E-state index in [0.29, 0.717) is 0 Å². The number of hydrogen-bond acceptors (Lipinski definition) is 3. The molecule has 0 bridgehead atoms. The molecule has 0 aliphatic rings. The van der Waals surface area contributed by atoms with Crippen LogP contribution in [0.4, 0.5) is 0 Å². The van der Waals surface area contributed by atoms with Crippen LogP contribution in [-0.4, -0.2) is 14.5 Å². The summed E-state index contributed by atoms with van der Waals surface area (Å²) >= 11 is 0. The molecule has 0 aliphatic heterocycles. The van der Waals surface area contributed by atoms with Gasteiger partial charge in [0.25, 0.3) is 0 Å². The molecule has 0 aliphatic carbocycles. The third-order valence-electron chi connectivity index (χ3n) is 9.69. The highest BCUT2D eigenvalue weighted by atomic mass is 16.3. The number of fused-ring (bicyclic) bond motifs is 7. The van der Waals surface area contributed by atoms with Gasteiger partial charge in [-0.3, -0.25) is 4.57 Å². The molecular weight excluding hydrogens is 599 g/mol. The monoisotopic (exact) mass is 627 g/mol. The van der Waals surface area contributed by atoms with Gasteiger partial charge in [0.15, 0.2) is 0 Å². The van der Waals surface area contributed by atoms with Crippen LogP contribution in [0, 0.1) is 6.92 Å². The molecule has 0 N–H and O–H groups in total. The first kappa shape index (κ1) is 27.6. The van der Waals surface area contributed by atoms with Crippen LogP contribution in [0.3, 0.4) is 0 Å². The van der Waals surface area contributed by atoms with E-state index in [0.717, 1.165) is 94.3 Å². The summed E-state index contributed by atoms with van der Waals surface area (Å²) in [5, 5.41) is 5.58. The molecule has 0 unspecified atom stereocenters. The number of imidazole rings is 1. The van der Waals surface area contributed by atoms with Gasteiger partial charge < -0.3 is 4.42 Å². The second-order valence-electron chi connectivity index (χ2n) is 12.6. The Morgan fingerprint density at radius 1 is 0.469 bits per heavy atom. The summed E-state index contributed by atoms with van der Waals surface area (Å²) in [6, 6.07) is 55.5. The van der Waals surface area contributed by atoms with E-state index in [2.05, 4.69) is 151 Å². The number of aryl methyl sites for hydroxylation is 1. The number of benzene rings is 7. The molecule has 4 nitrogen and oxygen atoms in total. The topological polar surface area (TPSA) is 43.9 Å². The number of furan rings is 1. The summed E-state index contributed by atoms with van der Waals surface area (Å²) in [4.78, 5) is 10.1. The lowest BCUT2D eigenvalue weighted by Crippen LogP contribution is -1.97. The van der Waals surface area contributed by atoms with Crippen molar-refractivity contribution >= 4 is 54.6 Å².